The Hall–Kier alpha value is -2.10. The highest BCUT2D eigenvalue weighted by atomic mass is 32.2. The first-order valence-corrected chi connectivity index (χ1v) is 12.5. The van der Waals surface area contributed by atoms with Crippen LogP contribution in [-0.4, -0.2) is 40.1 Å². The summed E-state index contributed by atoms with van der Waals surface area (Å²) in [6.07, 6.45) is 0. The van der Waals surface area contributed by atoms with E-state index in [4.69, 9.17) is 9.47 Å². The van der Waals surface area contributed by atoms with Crippen LogP contribution in [0.1, 0.15) is 25.0 Å². The molecule has 2 aliphatic heterocycles. The molecule has 0 saturated carbocycles. The van der Waals surface area contributed by atoms with Crippen molar-refractivity contribution in [3.8, 4) is 11.5 Å². The van der Waals surface area contributed by atoms with Crippen LogP contribution < -0.4 is 9.47 Å². The molecule has 2 aromatic rings. The summed E-state index contributed by atoms with van der Waals surface area (Å²) in [5.41, 5.74) is 1.55. The predicted molar refractivity (Wildman–Crippen MR) is 107 cm³/mol. The van der Waals surface area contributed by atoms with Gasteiger partial charge in [-0.3, -0.25) is 0 Å². The third kappa shape index (κ3) is 3.86. The summed E-state index contributed by atoms with van der Waals surface area (Å²) in [6.45, 7) is 4.98. The SMILES string of the molecule is CC(C)CS(=O)(=O)N1Cc2ccc(S(=O)(=O)c3ccc4c(c3)OCCO4)cc2C1. The molecule has 0 fully saturated rings. The summed E-state index contributed by atoms with van der Waals surface area (Å²) < 4.78 is 63.6. The van der Waals surface area contributed by atoms with Crippen molar-refractivity contribution in [2.75, 3.05) is 19.0 Å². The minimum absolute atomic E-state index is 0.0230. The van der Waals surface area contributed by atoms with Gasteiger partial charge in [-0.1, -0.05) is 19.9 Å². The Morgan fingerprint density at radius 3 is 2.21 bits per heavy atom. The van der Waals surface area contributed by atoms with Crippen molar-refractivity contribution in [3.05, 3.63) is 47.5 Å². The number of ether oxygens (including phenoxy) is 2. The quantitative estimate of drug-likeness (QED) is 0.714. The fraction of sp³-hybridized carbons (Fsp3) is 0.400. The van der Waals surface area contributed by atoms with Crippen LogP contribution in [0, 0.1) is 5.92 Å². The fourth-order valence-corrected chi connectivity index (χ4v) is 6.61. The second-order valence-corrected chi connectivity index (χ2v) is 11.6. The molecule has 0 atom stereocenters. The normalized spacial score (nSPS) is 16.8. The van der Waals surface area contributed by atoms with E-state index in [9.17, 15) is 16.8 Å². The monoisotopic (exact) mass is 437 g/mol. The average Bonchev–Trinajstić information content (AvgIpc) is 3.11. The molecule has 0 saturated heterocycles. The lowest BCUT2D eigenvalue weighted by Crippen LogP contribution is -2.29. The summed E-state index contributed by atoms with van der Waals surface area (Å²) >= 11 is 0. The van der Waals surface area contributed by atoms with E-state index >= 15 is 0 Å². The van der Waals surface area contributed by atoms with E-state index in [1.807, 2.05) is 13.8 Å². The Kier molecular flexibility index (Phi) is 5.08. The molecular weight excluding hydrogens is 414 g/mol. The number of rotatable bonds is 5. The lowest BCUT2D eigenvalue weighted by Gasteiger charge is -2.19. The number of fused-ring (bicyclic) bond motifs is 2. The van der Waals surface area contributed by atoms with Crippen LogP contribution in [0.2, 0.25) is 0 Å². The molecule has 0 bridgehead atoms. The molecule has 0 N–H and O–H groups in total. The summed E-state index contributed by atoms with van der Waals surface area (Å²) in [6, 6.07) is 9.36. The smallest absolute Gasteiger partial charge is 0.214 e. The molecule has 0 radical (unpaired) electrons. The standard InChI is InChI=1S/C20H23NO6S2/c1-14(2)13-28(22,23)21-11-15-3-4-17(9-16(15)12-21)29(24,25)18-5-6-19-20(10-18)27-8-7-26-19/h3-6,9-10,14H,7-8,11-13H2,1-2H3. The lowest BCUT2D eigenvalue weighted by molar-refractivity contribution is 0.171. The summed E-state index contributed by atoms with van der Waals surface area (Å²) in [5.74, 6) is 1.03. The van der Waals surface area contributed by atoms with Gasteiger partial charge >= 0.3 is 0 Å². The van der Waals surface area contributed by atoms with Crippen molar-refractivity contribution in [2.24, 2.45) is 5.92 Å². The minimum Gasteiger partial charge on any atom is -0.486 e. The van der Waals surface area contributed by atoms with Gasteiger partial charge in [-0.15, -0.1) is 0 Å². The lowest BCUT2D eigenvalue weighted by atomic mass is 10.1. The highest BCUT2D eigenvalue weighted by molar-refractivity contribution is 7.91. The maximum absolute atomic E-state index is 13.1. The molecule has 7 nitrogen and oxygen atoms in total. The molecule has 0 aromatic heterocycles. The van der Waals surface area contributed by atoms with E-state index in [1.165, 1.54) is 22.5 Å². The first kappa shape index (κ1) is 20.2. The van der Waals surface area contributed by atoms with Crippen molar-refractivity contribution in [1.82, 2.24) is 4.31 Å². The van der Waals surface area contributed by atoms with E-state index in [0.29, 0.717) is 24.7 Å². The van der Waals surface area contributed by atoms with Crippen molar-refractivity contribution in [1.29, 1.82) is 0 Å². The highest BCUT2D eigenvalue weighted by Gasteiger charge is 2.31. The topological polar surface area (TPSA) is 90.0 Å². The zero-order valence-electron chi connectivity index (χ0n) is 16.3. The van der Waals surface area contributed by atoms with Gasteiger partial charge in [0.1, 0.15) is 13.2 Å². The maximum atomic E-state index is 13.1. The number of hydrogen-bond acceptors (Lipinski definition) is 6. The van der Waals surface area contributed by atoms with Crippen LogP contribution in [0.15, 0.2) is 46.2 Å². The first-order valence-electron chi connectivity index (χ1n) is 9.41. The number of nitrogens with zero attached hydrogens (tertiary/aromatic N) is 1. The Bertz CT molecular complexity index is 1160. The number of benzene rings is 2. The summed E-state index contributed by atoms with van der Waals surface area (Å²) in [5, 5.41) is 0. The number of sulfone groups is 1. The zero-order chi connectivity index (χ0) is 20.8. The second-order valence-electron chi connectivity index (χ2n) is 7.68. The van der Waals surface area contributed by atoms with Gasteiger partial charge in [0, 0.05) is 19.2 Å². The van der Waals surface area contributed by atoms with Gasteiger partial charge in [0.2, 0.25) is 19.9 Å². The molecule has 0 spiro atoms. The van der Waals surface area contributed by atoms with Crippen LogP contribution in [0.4, 0.5) is 0 Å². The largest absolute Gasteiger partial charge is 0.486 e. The van der Waals surface area contributed by atoms with Gasteiger partial charge < -0.3 is 9.47 Å². The van der Waals surface area contributed by atoms with Crippen molar-refractivity contribution >= 4 is 19.9 Å². The van der Waals surface area contributed by atoms with Gasteiger partial charge in [0.25, 0.3) is 0 Å². The molecular formula is C20H23NO6S2. The molecule has 29 heavy (non-hydrogen) atoms. The van der Waals surface area contributed by atoms with E-state index in [-0.39, 0.29) is 34.6 Å². The minimum atomic E-state index is -3.77. The molecule has 2 heterocycles. The highest BCUT2D eigenvalue weighted by Crippen LogP contribution is 2.35. The molecule has 2 aromatic carbocycles. The third-order valence-electron chi connectivity index (χ3n) is 4.94. The van der Waals surface area contributed by atoms with Gasteiger partial charge in [-0.05, 0) is 41.3 Å². The Balaban J connectivity index is 1.63. The van der Waals surface area contributed by atoms with E-state index in [1.54, 1.807) is 18.2 Å². The first-order chi connectivity index (χ1) is 13.7. The Morgan fingerprint density at radius 2 is 1.48 bits per heavy atom. The van der Waals surface area contributed by atoms with E-state index < -0.39 is 19.9 Å². The third-order valence-corrected chi connectivity index (χ3v) is 8.82. The van der Waals surface area contributed by atoms with Crippen LogP contribution in [0.3, 0.4) is 0 Å². The summed E-state index contributed by atoms with van der Waals surface area (Å²) in [4.78, 5) is 0.250. The van der Waals surface area contributed by atoms with Gasteiger partial charge in [0.05, 0.1) is 15.5 Å². The zero-order valence-corrected chi connectivity index (χ0v) is 17.9. The molecule has 0 amide bonds. The Morgan fingerprint density at radius 1 is 0.862 bits per heavy atom. The van der Waals surface area contributed by atoms with Crippen LogP contribution in [0.5, 0.6) is 11.5 Å². The van der Waals surface area contributed by atoms with Gasteiger partial charge in [-0.2, -0.15) is 4.31 Å². The predicted octanol–water partition coefficient (Wildman–Crippen LogP) is 2.59. The molecule has 9 heteroatoms. The molecule has 2 aliphatic rings. The molecule has 0 aliphatic carbocycles. The molecule has 156 valence electrons. The number of hydrogen-bond donors (Lipinski definition) is 0. The van der Waals surface area contributed by atoms with Crippen molar-refractivity contribution in [2.45, 2.75) is 36.7 Å². The maximum Gasteiger partial charge on any atom is 0.214 e. The fourth-order valence-electron chi connectivity index (χ4n) is 3.56. The molecule has 0 unspecified atom stereocenters. The molecule has 4 rings (SSSR count). The summed E-state index contributed by atoms with van der Waals surface area (Å²) in [7, 11) is -7.15. The number of sulfonamides is 1. The van der Waals surface area contributed by atoms with E-state index in [0.717, 1.165) is 11.1 Å². The van der Waals surface area contributed by atoms with Crippen molar-refractivity contribution in [3.63, 3.8) is 0 Å². The van der Waals surface area contributed by atoms with Gasteiger partial charge in [-0.25, -0.2) is 16.8 Å². The average molecular weight is 438 g/mol. The van der Waals surface area contributed by atoms with Gasteiger partial charge in [0.15, 0.2) is 11.5 Å². The Labute approximate surface area is 171 Å². The van der Waals surface area contributed by atoms with Crippen molar-refractivity contribution < 1.29 is 26.3 Å². The van der Waals surface area contributed by atoms with Crippen LogP contribution in [0.25, 0.3) is 0 Å². The van der Waals surface area contributed by atoms with Crippen LogP contribution >= 0.6 is 0 Å². The van der Waals surface area contributed by atoms with Crippen LogP contribution in [-0.2, 0) is 33.0 Å². The second kappa shape index (κ2) is 7.30. The van der Waals surface area contributed by atoms with E-state index in [2.05, 4.69) is 0 Å².